The van der Waals surface area contributed by atoms with Gasteiger partial charge in [-0.3, -0.25) is 14.3 Å². The SMILES string of the molecule is CCc1cc(C(=O)N2CCC[C@@H](C(=O)c3ccc(C(F)(F)F)cc3)C2)n(C)n1. The first-order valence-electron chi connectivity index (χ1n) is 9.24. The van der Waals surface area contributed by atoms with Crippen molar-refractivity contribution >= 4 is 11.7 Å². The minimum atomic E-state index is -4.43. The molecule has 2 aromatic rings. The van der Waals surface area contributed by atoms with Crippen molar-refractivity contribution in [1.29, 1.82) is 0 Å². The number of ketones is 1. The van der Waals surface area contributed by atoms with Gasteiger partial charge in [-0.05, 0) is 37.5 Å². The molecular formula is C20H22F3N3O2. The van der Waals surface area contributed by atoms with Gasteiger partial charge in [-0.2, -0.15) is 18.3 Å². The number of amides is 1. The molecule has 0 saturated carbocycles. The van der Waals surface area contributed by atoms with Gasteiger partial charge in [-0.1, -0.05) is 19.1 Å². The van der Waals surface area contributed by atoms with Crippen molar-refractivity contribution in [3.63, 3.8) is 0 Å². The second-order valence-corrected chi connectivity index (χ2v) is 7.03. The lowest BCUT2D eigenvalue weighted by Crippen LogP contribution is -2.43. The van der Waals surface area contributed by atoms with E-state index in [2.05, 4.69) is 5.10 Å². The van der Waals surface area contributed by atoms with Crippen molar-refractivity contribution in [3.05, 3.63) is 52.8 Å². The van der Waals surface area contributed by atoms with Gasteiger partial charge in [0, 0.05) is 31.6 Å². The maximum atomic E-state index is 12.8. The Morgan fingerprint density at radius 2 is 1.89 bits per heavy atom. The van der Waals surface area contributed by atoms with Crippen LogP contribution < -0.4 is 0 Å². The summed E-state index contributed by atoms with van der Waals surface area (Å²) in [6, 6.07) is 6.01. The first kappa shape index (κ1) is 20.1. The molecule has 0 N–H and O–H groups in total. The number of nitrogens with zero attached hydrogens (tertiary/aromatic N) is 3. The molecule has 0 spiro atoms. The van der Waals surface area contributed by atoms with E-state index in [0.717, 1.165) is 24.2 Å². The molecule has 1 saturated heterocycles. The summed E-state index contributed by atoms with van der Waals surface area (Å²) in [4.78, 5) is 27.2. The molecule has 1 aliphatic heterocycles. The Morgan fingerprint density at radius 1 is 1.21 bits per heavy atom. The summed E-state index contributed by atoms with van der Waals surface area (Å²) in [7, 11) is 1.71. The lowest BCUT2D eigenvalue weighted by atomic mass is 9.89. The van der Waals surface area contributed by atoms with Crippen LogP contribution in [0, 0.1) is 5.92 Å². The number of aryl methyl sites for hydroxylation is 2. The van der Waals surface area contributed by atoms with Crippen LogP contribution in [0.4, 0.5) is 13.2 Å². The Morgan fingerprint density at radius 3 is 2.46 bits per heavy atom. The predicted octanol–water partition coefficient (Wildman–Crippen LogP) is 3.74. The van der Waals surface area contributed by atoms with E-state index in [0.29, 0.717) is 25.1 Å². The van der Waals surface area contributed by atoms with Gasteiger partial charge in [0.15, 0.2) is 5.78 Å². The number of hydrogen-bond donors (Lipinski definition) is 0. The molecule has 0 radical (unpaired) electrons. The van der Waals surface area contributed by atoms with Gasteiger partial charge in [-0.15, -0.1) is 0 Å². The highest BCUT2D eigenvalue weighted by atomic mass is 19.4. The number of carbonyl (C=O) groups is 2. The number of benzene rings is 1. The van der Waals surface area contributed by atoms with Gasteiger partial charge in [-0.25, -0.2) is 0 Å². The summed E-state index contributed by atoms with van der Waals surface area (Å²) < 4.78 is 39.6. The number of piperidine rings is 1. The number of carbonyl (C=O) groups excluding carboxylic acids is 2. The van der Waals surface area contributed by atoms with Crippen molar-refractivity contribution in [2.45, 2.75) is 32.4 Å². The zero-order valence-corrected chi connectivity index (χ0v) is 15.8. The third kappa shape index (κ3) is 4.10. The van der Waals surface area contributed by atoms with Crippen molar-refractivity contribution in [2.24, 2.45) is 13.0 Å². The first-order chi connectivity index (χ1) is 13.2. The average Bonchev–Trinajstić information content (AvgIpc) is 3.07. The number of likely N-dealkylation sites (tertiary alicyclic amines) is 1. The molecule has 5 nitrogen and oxygen atoms in total. The average molecular weight is 393 g/mol. The Bertz CT molecular complexity index is 872. The highest BCUT2D eigenvalue weighted by molar-refractivity contribution is 5.99. The van der Waals surface area contributed by atoms with E-state index < -0.39 is 17.7 Å². The molecule has 3 rings (SSSR count). The van der Waals surface area contributed by atoms with Crippen LogP contribution in [0.5, 0.6) is 0 Å². The van der Waals surface area contributed by atoms with Gasteiger partial charge in [0.2, 0.25) is 0 Å². The van der Waals surface area contributed by atoms with Crippen molar-refractivity contribution < 1.29 is 22.8 Å². The molecule has 1 aliphatic rings. The van der Waals surface area contributed by atoms with Crippen LogP contribution in [-0.4, -0.2) is 39.5 Å². The fourth-order valence-electron chi connectivity index (χ4n) is 3.50. The summed E-state index contributed by atoms with van der Waals surface area (Å²) in [6.45, 7) is 2.75. The van der Waals surface area contributed by atoms with Crippen molar-refractivity contribution in [3.8, 4) is 0 Å². The monoisotopic (exact) mass is 393 g/mol. The molecule has 150 valence electrons. The summed E-state index contributed by atoms with van der Waals surface area (Å²) in [5.41, 5.74) is 0.744. The van der Waals surface area contributed by atoms with Crippen LogP contribution in [0.3, 0.4) is 0 Å². The first-order valence-corrected chi connectivity index (χ1v) is 9.24. The number of halogens is 3. The number of hydrogen-bond acceptors (Lipinski definition) is 3. The smallest absolute Gasteiger partial charge is 0.337 e. The van der Waals surface area contributed by atoms with Crippen LogP contribution in [0.1, 0.15) is 51.9 Å². The second-order valence-electron chi connectivity index (χ2n) is 7.03. The molecule has 1 fully saturated rings. The lowest BCUT2D eigenvalue weighted by Gasteiger charge is -2.32. The molecule has 0 unspecified atom stereocenters. The second kappa shape index (κ2) is 7.77. The molecule has 1 aromatic carbocycles. The van der Waals surface area contributed by atoms with Crippen LogP contribution >= 0.6 is 0 Å². The molecule has 0 aliphatic carbocycles. The summed E-state index contributed by atoms with van der Waals surface area (Å²) in [6.07, 6.45) is -2.44. The number of Topliss-reactive ketones (excluding diaryl/α,β-unsaturated/α-hetero) is 1. The number of alkyl halides is 3. The Balaban J connectivity index is 1.72. The molecule has 28 heavy (non-hydrogen) atoms. The number of aromatic nitrogens is 2. The van der Waals surface area contributed by atoms with Crippen LogP contribution in [0.2, 0.25) is 0 Å². The fourth-order valence-corrected chi connectivity index (χ4v) is 3.50. The molecule has 0 bridgehead atoms. The van der Waals surface area contributed by atoms with Gasteiger partial charge in [0.1, 0.15) is 5.69 Å². The summed E-state index contributed by atoms with van der Waals surface area (Å²) in [5.74, 6) is -0.835. The van der Waals surface area contributed by atoms with Crippen LogP contribution in [0.15, 0.2) is 30.3 Å². The predicted molar refractivity (Wildman–Crippen MR) is 97.0 cm³/mol. The summed E-state index contributed by atoms with van der Waals surface area (Å²) >= 11 is 0. The number of rotatable bonds is 4. The van der Waals surface area contributed by atoms with E-state index >= 15 is 0 Å². The third-order valence-corrected chi connectivity index (χ3v) is 5.09. The third-order valence-electron chi connectivity index (χ3n) is 5.09. The van der Waals surface area contributed by atoms with Crippen molar-refractivity contribution in [2.75, 3.05) is 13.1 Å². The van der Waals surface area contributed by atoms with E-state index in [-0.39, 0.29) is 23.8 Å². The van der Waals surface area contributed by atoms with E-state index in [1.54, 1.807) is 22.7 Å². The van der Waals surface area contributed by atoms with Crippen LogP contribution in [-0.2, 0) is 19.6 Å². The van der Waals surface area contributed by atoms with E-state index in [9.17, 15) is 22.8 Å². The maximum absolute atomic E-state index is 12.8. The van der Waals surface area contributed by atoms with E-state index in [4.69, 9.17) is 0 Å². The minimum absolute atomic E-state index is 0.181. The minimum Gasteiger partial charge on any atom is -0.337 e. The Kier molecular flexibility index (Phi) is 5.58. The maximum Gasteiger partial charge on any atom is 0.416 e. The molecule has 1 atom stereocenters. The molecule has 1 aromatic heterocycles. The Labute approximate surface area is 161 Å². The Hall–Kier alpha value is -2.64. The fraction of sp³-hybridized carbons (Fsp3) is 0.450. The van der Waals surface area contributed by atoms with E-state index in [1.807, 2.05) is 6.92 Å². The quantitative estimate of drug-likeness (QED) is 0.744. The lowest BCUT2D eigenvalue weighted by molar-refractivity contribution is -0.137. The van der Waals surface area contributed by atoms with Gasteiger partial charge >= 0.3 is 6.18 Å². The van der Waals surface area contributed by atoms with Gasteiger partial charge in [0.05, 0.1) is 11.3 Å². The zero-order valence-electron chi connectivity index (χ0n) is 15.8. The van der Waals surface area contributed by atoms with Crippen LogP contribution in [0.25, 0.3) is 0 Å². The van der Waals surface area contributed by atoms with Crippen molar-refractivity contribution in [1.82, 2.24) is 14.7 Å². The topological polar surface area (TPSA) is 55.2 Å². The molecule has 1 amide bonds. The van der Waals surface area contributed by atoms with E-state index in [1.165, 1.54) is 12.1 Å². The standard InChI is InChI=1S/C20H22F3N3O2/c1-3-16-11-17(25(2)24-16)19(28)26-10-4-5-14(12-26)18(27)13-6-8-15(9-7-13)20(21,22)23/h6-9,11,14H,3-5,10,12H2,1-2H3/t14-/m1/s1. The highest BCUT2D eigenvalue weighted by Gasteiger charge is 2.32. The largest absolute Gasteiger partial charge is 0.416 e. The highest BCUT2D eigenvalue weighted by Crippen LogP contribution is 2.30. The van der Waals surface area contributed by atoms with Gasteiger partial charge in [0.25, 0.3) is 5.91 Å². The summed E-state index contributed by atoms with van der Waals surface area (Å²) in [5, 5.41) is 4.29. The molecular weight excluding hydrogens is 371 g/mol. The molecule has 2 heterocycles. The molecule has 8 heteroatoms. The van der Waals surface area contributed by atoms with Gasteiger partial charge < -0.3 is 4.90 Å². The zero-order chi connectivity index (χ0) is 20.5. The normalized spacial score (nSPS) is 17.6.